The number of sulfone groups is 1. The van der Waals surface area contributed by atoms with Crippen LogP contribution in [0.5, 0.6) is 11.5 Å². The Morgan fingerprint density at radius 2 is 1.70 bits per heavy atom. The Labute approximate surface area is 178 Å². The van der Waals surface area contributed by atoms with Crippen LogP contribution in [0.1, 0.15) is 36.7 Å². The summed E-state index contributed by atoms with van der Waals surface area (Å²) in [6.45, 7) is 6.31. The summed E-state index contributed by atoms with van der Waals surface area (Å²) in [7, 11) is -0.320. The van der Waals surface area contributed by atoms with E-state index >= 15 is 0 Å². The van der Waals surface area contributed by atoms with Crippen molar-refractivity contribution < 1.29 is 22.7 Å². The molecule has 1 unspecified atom stereocenters. The van der Waals surface area contributed by atoms with Crippen molar-refractivity contribution in [2.45, 2.75) is 32.2 Å². The van der Waals surface area contributed by atoms with Gasteiger partial charge in [0.25, 0.3) is 5.91 Å². The van der Waals surface area contributed by atoms with E-state index in [1.165, 1.54) is 12.0 Å². The van der Waals surface area contributed by atoms with Gasteiger partial charge in [0.05, 0.1) is 31.7 Å². The maximum absolute atomic E-state index is 13.5. The van der Waals surface area contributed by atoms with Crippen molar-refractivity contribution in [1.29, 1.82) is 0 Å². The van der Waals surface area contributed by atoms with Gasteiger partial charge in [0.1, 0.15) is 11.5 Å². The largest absolute Gasteiger partial charge is 0.497 e. The zero-order valence-electron chi connectivity index (χ0n) is 17.9. The number of nitrogens with zero attached hydrogens (tertiary/aromatic N) is 1. The summed E-state index contributed by atoms with van der Waals surface area (Å²) < 4.78 is 34.9. The molecule has 7 heteroatoms. The predicted octanol–water partition coefficient (Wildman–Crippen LogP) is 3.96. The topological polar surface area (TPSA) is 72.9 Å². The highest BCUT2D eigenvalue weighted by Crippen LogP contribution is 2.36. The minimum absolute atomic E-state index is 0.0390. The van der Waals surface area contributed by atoms with Gasteiger partial charge < -0.3 is 9.47 Å². The van der Waals surface area contributed by atoms with Gasteiger partial charge in [-0.15, -0.1) is 0 Å². The van der Waals surface area contributed by atoms with Gasteiger partial charge in [-0.1, -0.05) is 32.9 Å². The Kier molecular flexibility index (Phi) is 5.94. The van der Waals surface area contributed by atoms with E-state index in [2.05, 4.69) is 20.8 Å². The molecule has 1 amide bonds. The molecule has 0 aromatic heterocycles. The van der Waals surface area contributed by atoms with Gasteiger partial charge in [0.2, 0.25) is 0 Å². The molecule has 2 aromatic carbocycles. The Bertz CT molecular complexity index is 1070. The summed E-state index contributed by atoms with van der Waals surface area (Å²) in [6.07, 6.45) is 1.54. The van der Waals surface area contributed by atoms with Gasteiger partial charge in [-0.25, -0.2) is 8.42 Å². The first-order valence-corrected chi connectivity index (χ1v) is 11.3. The fourth-order valence-electron chi connectivity index (χ4n) is 3.39. The monoisotopic (exact) mass is 429 g/mol. The minimum atomic E-state index is -3.36. The number of ether oxygens (including phenoxy) is 2. The zero-order valence-corrected chi connectivity index (χ0v) is 18.7. The Balaban J connectivity index is 2.07. The van der Waals surface area contributed by atoms with Gasteiger partial charge in [0, 0.05) is 17.0 Å². The summed E-state index contributed by atoms with van der Waals surface area (Å²) in [6, 6.07) is 11.9. The second-order valence-corrected chi connectivity index (χ2v) is 10.2. The van der Waals surface area contributed by atoms with Crippen LogP contribution in [0.2, 0.25) is 0 Å². The van der Waals surface area contributed by atoms with Crippen LogP contribution >= 0.6 is 0 Å². The second-order valence-electron chi connectivity index (χ2n) is 8.27. The molecule has 0 saturated heterocycles. The molecule has 1 heterocycles. The minimum Gasteiger partial charge on any atom is -0.497 e. The first-order valence-electron chi connectivity index (χ1n) is 9.63. The standard InChI is InChI=1S/C23H27NO5S/c1-23(2,3)17-8-6-16(7-9-17)22(25)24(18-12-13-30(26,27)15-18)20-11-10-19(28-4)14-21(20)29-5/h6-14,18H,15H2,1-5H3. The summed E-state index contributed by atoms with van der Waals surface area (Å²) in [4.78, 5) is 15.0. The first kappa shape index (κ1) is 21.9. The molecule has 0 N–H and O–H groups in total. The molecule has 3 rings (SSSR count). The number of hydrogen-bond donors (Lipinski definition) is 0. The first-order chi connectivity index (χ1) is 14.1. The SMILES string of the molecule is COc1ccc(N(C(=O)c2ccc(C(C)(C)C)cc2)C2C=CS(=O)(=O)C2)c(OC)c1. The summed E-state index contributed by atoms with van der Waals surface area (Å²) in [5.41, 5.74) is 2.02. The number of anilines is 1. The quantitative estimate of drug-likeness (QED) is 0.719. The highest BCUT2D eigenvalue weighted by Gasteiger charge is 2.33. The smallest absolute Gasteiger partial charge is 0.258 e. The molecule has 1 aliphatic heterocycles. The number of amides is 1. The Morgan fingerprint density at radius 3 is 2.20 bits per heavy atom. The van der Waals surface area contributed by atoms with Gasteiger partial charge in [-0.2, -0.15) is 0 Å². The van der Waals surface area contributed by atoms with Crippen molar-refractivity contribution in [3.8, 4) is 11.5 Å². The van der Waals surface area contributed by atoms with Crippen LogP contribution in [0, 0.1) is 0 Å². The van der Waals surface area contributed by atoms with E-state index < -0.39 is 15.9 Å². The number of benzene rings is 2. The molecule has 6 nitrogen and oxygen atoms in total. The molecule has 2 aromatic rings. The van der Waals surface area contributed by atoms with E-state index in [9.17, 15) is 13.2 Å². The van der Waals surface area contributed by atoms with Crippen molar-refractivity contribution in [2.24, 2.45) is 0 Å². The molecule has 1 atom stereocenters. The normalized spacial score (nSPS) is 17.6. The number of carbonyl (C=O) groups excluding carboxylic acids is 1. The maximum atomic E-state index is 13.5. The Hall–Kier alpha value is -2.80. The molecule has 0 radical (unpaired) electrons. The number of hydrogen-bond acceptors (Lipinski definition) is 5. The lowest BCUT2D eigenvalue weighted by atomic mass is 9.86. The molecule has 1 aliphatic rings. The van der Waals surface area contributed by atoms with E-state index in [0.29, 0.717) is 22.7 Å². The Morgan fingerprint density at radius 1 is 1.03 bits per heavy atom. The van der Waals surface area contributed by atoms with E-state index in [4.69, 9.17) is 9.47 Å². The summed E-state index contributed by atoms with van der Waals surface area (Å²) >= 11 is 0. The molecule has 160 valence electrons. The molecule has 30 heavy (non-hydrogen) atoms. The van der Waals surface area contributed by atoms with Crippen molar-refractivity contribution in [2.75, 3.05) is 24.9 Å². The van der Waals surface area contributed by atoms with Crippen LogP contribution in [0.3, 0.4) is 0 Å². The molecule has 0 saturated carbocycles. The van der Waals surface area contributed by atoms with Crippen LogP contribution in [-0.4, -0.2) is 40.3 Å². The average Bonchev–Trinajstić information content (AvgIpc) is 3.07. The molecule has 0 fully saturated rings. The fraction of sp³-hybridized carbons (Fsp3) is 0.348. The van der Waals surface area contributed by atoms with E-state index in [-0.39, 0.29) is 17.1 Å². The lowest BCUT2D eigenvalue weighted by Crippen LogP contribution is -2.41. The van der Waals surface area contributed by atoms with E-state index in [0.717, 1.165) is 11.0 Å². The highest BCUT2D eigenvalue weighted by molar-refractivity contribution is 7.94. The molecule has 0 aliphatic carbocycles. The van der Waals surface area contributed by atoms with E-state index in [1.54, 1.807) is 43.5 Å². The lowest BCUT2D eigenvalue weighted by molar-refractivity contribution is 0.0982. The fourth-order valence-corrected chi connectivity index (χ4v) is 4.66. The molecule has 0 bridgehead atoms. The number of rotatable bonds is 5. The van der Waals surface area contributed by atoms with Crippen LogP contribution in [0.15, 0.2) is 53.9 Å². The van der Waals surface area contributed by atoms with Crippen molar-refractivity contribution >= 4 is 21.4 Å². The van der Waals surface area contributed by atoms with Crippen LogP contribution in [0.4, 0.5) is 5.69 Å². The number of carbonyl (C=O) groups is 1. The van der Waals surface area contributed by atoms with Crippen molar-refractivity contribution in [1.82, 2.24) is 0 Å². The zero-order chi connectivity index (χ0) is 22.1. The van der Waals surface area contributed by atoms with Gasteiger partial charge in [-0.3, -0.25) is 9.69 Å². The second kappa shape index (κ2) is 8.14. The summed E-state index contributed by atoms with van der Waals surface area (Å²) in [5, 5.41) is 1.16. The third kappa shape index (κ3) is 4.51. The number of methoxy groups -OCH3 is 2. The van der Waals surface area contributed by atoms with E-state index in [1.807, 2.05) is 12.1 Å². The molecule has 0 spiro atoms. The van der Waals surface area contributed by atoms with Crippen molar-refractivity contribution in [3.05, 3.63) is 65.1 Å². The lowest BCUT2D eigenvalue weighted by Gasteiger charge is -2.29. The third-order valence-corrected chi connectivity index (χ3v) is 6.48. The predicted molar refractivity (Wildman–Crippen MR) is 118 cm³/mol. The third-order valence-electron chi connectivity index (χ3n) is 5.11. The molecular formula is C23H27NO5S. The van der Waals surface area contributed by atoms with Gasteiger partial charge in [0.15, 0.2) is 9.84 Å². The van der Waals surface area contributed by atoms with Crippen LogP contribution in [0.25, 0.3) is 0 Å². The maximum Gasteiger partial charge on any atom is 0.258 e. The van der Waals surface area contributed by atoms with Crippen LogP contribution in [-0.2, 0) is 15.3 Å². The van der Waals surface area contributed by atoms with Crippen LogP contribution < -0.4 is 14.4 Å². The summed E-state index contributed by atoms with van der Waals surface area (Å²) in [5.74, 6) is 0.526. The van der Waals surface area contributed by atoms with Gasteiger partial charge in [-0.05, 0) is 41.3 Å². The van der Waals surface area contributed by atoms with Crippen molar-refractivity contribution in [3.63, 3.8) is 0 Å². The average molecular weight is 430 g/mol. The molecular weight excluding hydrogens is 402 g/mol. The highest BCUT2D eigenvalue weighted by atomic mass is 32.2. The van der Waals surface area contributed by atoms with Gasteiger partial charge >= 0.3 is 0 Å².